The Morgan fingerprint density at radius 1 is 1.39 bits per heavy atom. The molecule has 0 amide bonds. The smallest absolute Gasteiger partial charge is 0.435 e. The van der Waals surface area contributed by atoms with Crippen LogP contribution in [0.1, 0.15) is 47.6 Å². The van der Waals surface area contributed by atoms with Gasteiger partial charge in [0.15, 0.2) is 5.69 Å². The molecular weight excluding hydrogens is 343 g/mol. The molecule has 0 spiro atoms. The molecule has 0 unspecified atom stereocenters. The molecule has 0 atom stereocenters. The molecule has 0 aliphatic heterocycles. The molecule has 0 fully saturated rings. The SMILES string of the molecule is CC(C)Cc1c(N=C=S)c(C(F)(F)F)nc(C(F)F)c1C(=O)O. The van der Waals surface area contributed by atoms with Gasteiger partial charge in [-0.3, -0.25) is 0 Å². The lowest BCUT2D eigenvalue weighted by atomic mass is 9.94. The van der Waals surface area contributed by atoms with E-state index in [4.69, 9.17) is 5.11 Å². The molecule has 4 nitrogen and oxygen atoms in total. The minimum absolute atomic E-state index is 0.219. The number of carboxylic acid groups (broad SMARTS) is 1. The Hall–Kier alpha value is -1.93. The van der Waals surface area contributed by atoms with Crippen molar-refractivity contribution in [2.75, 3.05) is 0 Å². The first-order chi connectivity index (χ1) is 10.5. The zero-order valence-electron chi connectivity index (χ0n) is 11.9. The number of alkyl halides is 5. The quantitative estimate of drug-likeness (QED) is 0.474. The highest BCUT2D eigenvalue weighted by atomic mass is 32.1. The van der Waals surface area contributed by atoms with E-state index < -0.39 is 46.8 Å². The number of hydrogen-bond donors (Lipinski definition) is 1. The Morgan fingerprint density at radius 2 is 1.96 bits per heavy atom. The van der Waals surface area contributed by atoms with Gasteiger partial charge < -0.3 is 5.11 Å². The highest BCUT2D eigenvalue weighted by molar-refractivity contribution is 7.78. The molecule has 1 rings (SSSR count). The molecule has 10 heteroatoms. The van der Waals surface area contributed by atoms with Crippen LogP contribution in [0.4, 0.5) is 27.6 Å². The fraction of sp³-hybridized carbons (Fsp3) is 0.462. The van der Waals surface area contributed by atoms with Gasteiger partial charge in [-0.15, -0.1) is 0 Å². The van der Waals surface area contributed by atoms with Gasteiger partial charge in [0, 0.05) is 0 Å². The first kappa shape index (κ1) is 19.1. The first-order valence-corrected chi connectivity index (χ1v) is 6.64. The Kier molecular flexibility index (Phi) is 5.90. The third-order valence-corrected chi connectivity index (χ3v) is 2.85. The Balaban J connectivity index is 4.00. The monoisotopic (exact) mass is 354 g/mol. The van der Waals surface area contributed by atoms with Crippen molar-refractivity contribution in [1.29, 1.82) is 0 Å². The summed E-state index contributed by atoms with van der Waals surface area (Å²) in [5.74, 6) is -2.13. The fourth-order valence-electron chi connectivity index (χ4n) is 2.01. The zero-order valence-corrected chi connectivity index (χ0v) is 12.7. The second-order valence-electron chi connectivity index (χ2n) is 4.95. The number of hydrogen-bond acceptors (Lipinski definition) is 4. The first-order valence-electron chi connectivity index (χ1n) is 6.23. The van der Waals surface area contributed by atoms with Crippen molar-refractivity contribution in [3.8, 4) is 0 Å². The van der Waals surface area contributed by atoms with Crippen LogP contribution in [0, 0.1) is 5.92 Å². The number of rotatable bonds is 5. The van der Waals surface area contributed by atoms with E-state index in [0.717, 1.165) is 0 Å². The summed E-state index contributed by atoms with van der Waals surface area (Å²) >= 11 is 4.28. The summed E-state index contributed by atoms with van der Waals surface area (Å²) < 4.78 is 65.3. The number of isothiocyanates is 1. The maximum absolute atomic E-state index is 13.1. The topological polar surface area (TPSA) is 62.5 Å². The third-order valence-electron chi connectivity index (χ3n) is 2.76. The number of halogens is 5. The zero-order chi connectivity index (χ0) is 17.9. The lowest BCUT2D eigenvalue weighted by molar-refractivity contribution is -0.140. The maximum Gasteiger partial charge on any atom is 0.435 e. The van der Waals surface area contributed by atoms with Crippen molar-refractivity contribution in [2.24, 2.45) is 10.9 Å². The van der Waals surface area contributed by atoms with Crippen LogP contribution in [-0.4, -0.2) is 21.2 Å². The van der Waals surface area contributed by atoms with Crippen LogP contribution < -0.4 is 0 Å². The number of aromatic nitrogens is 1. The Bertz CT molecular complexity index is 667. The highest BCUT2D eigenvalue weighted by Gasteiger charge is 2.40. The molecule has 0 saturated carbocycles. The van der Waals surface area contributed by atoms with Crippen LogP contribution in [0.3, 0.4) is 0 Å². The van der Waals surface area contributed by atoms with Crippen LogP contribution in [0.5, 0.6) is 0 Å². The normalized spacial score (nSPS) is 11.7. The Labute approximate surface area is 133 Å². The highest BCUT2D eigenvalue weighted by Crippen LogP contribution is 2.41. The molecule has 0 bridgehead atoms. The van der Waals surface area contributed by atoms with E-state index in [1.165, 1.54) is 0 Å². The van der Waals surface area contributed by atoms with Crippen LogP contribution in [0.25, 0.3) is 0 Å². The fourth-order valence-corrected chi connectivity index (χ4v) is 2.10. The number of carbonyl (C=O) groups is 1. The maximum atomic E-state index is 13.1. The largest absolute Gasteiger partial charge is 0.478 e. The minimum atomic E-state index is -5.10. The van der Waals surface area contributed by atoms with Crippen LogP contribution in [0.15, 0.2) is 4.99 Å². The molecule has 1 aromatic rings. The van der Waals surface area contributed by atoms with E-state index in [-0.39, 0.29) is 12.3 Å². The van der Waals surface area contributed by atoms with Crippen LogP contribution in [-0.2, 0) is 12.6 Å². The predicted molar refractivity (Wildman–Crippen MR) is 74.4 cm³/mol. The molecule has 1 aromatic heterocycles. The summed E-state index contributed by atoms with van der Waals surface area (Å²) in [7, 11) is 0. The standard InChI is InChI=1S/C13H11F5N2O2S/c1-5(2)3-6-7(12(21)22)9(11(14)15)20-10(13(16,17)18)8(6)19-4-23/h5,11H,3H2,1-2H3,(H,21,22). The molecule has 0 aliphatic rings. The van der Waals surface area contributed by atoms with Crippen molar-refractivity contribution >= 4 is 29.0 Å². The average molecular weight is 354 g/mol. The molecule has 23 heavy (non-hydrogen) atoms. The van der Waals surface area contributed by atoms with E-state index in [2.05, 4.69) is 22.2 Å². The molecule has 1 N–H and O–H groups in total. The lowest BCUT2D eigenvalue weighted by Crippen LogP contribution is -2.18. The molecule has 0 saturated heterocycles. The van der Waals surface area contributed by atoms with Gasteiger partial charge in [0.2, 0.25) is 0 Å². The van der Waals surface area contributed by atoms with Gasteiger partial charge in [-0.2, -0.15) is 18.2 Å². The second kappa shape index (κ2) is 7.10. The summed E-state index contributed by atoms with van der Waals surface area (Å²) in [6, 6.07) is 0. The number of pyridine rings is 1. The van der Waals surface area contributed by atoms with Crippen molar-refractivity contribution in [1.82, 2.24) is 4.98 Å². The Morgan fingerprint density at radius 3 is 2.30 bits per heavy atom. The van der Waals surface area contributed by atoms with Crippen molar-refractivity contribution < 1.29 is 31.9 Å². The number of carboxylic acids is 1. The molecular formula is C13H11F5N2O2S. The van der Waals surface area contributed by atoms with E-state index in [1.807, 2.05) is 0 Å². The number of nitrogens with zero attached hydrogens (tertiary/aromatic N) is 2. The van der Waals surface area contributed by atoms with Gasteiger partial charge in [-0.1, -0.05) is 13.8 Å². The summed E-state index contributed by atoms with van der Waals surface area (Å²) in [5.41, 5.74) is -5.49. The van der Waals surface area contributed by atoms with Gasteiger partial charge in [0.25, 0.3) is 6.43 Å². The van der Waals surface area contributed by atoms with Crippen molar-refractivity contribution in [2.45, 2.75) is 32.9 Å². The molecule has 126 valence electrons. The van der Waals surface area contributed by atoms with E-state index >= 15 is 0 Å². The van der Waals surface area contributed by atoms with Gasteiger partial charge >= 0.3 is 12.1 Å². The summed E-state index contributed by atoms with van der Waals surface area (Å²) in [4.78, 5) is 17.4. The van der Waals surface area contributed by atoms with Gasteiger partial charge in [-0.05, 0) is 30.1 Å². The number of aliphatic imine (C=N–C) groups is 1. The van der Waals surface area contributed by atoms with E-state index in [0.29, 0.717) is 0 Å². The lowest BCUT2D eigenvalue weighted by Gasteiger charge is -2.18. The van der Waals surface area contributed by atoms with Crippen LogP contribution in [0.2, 0.25) is 0 Å². The number of thiocarbonyl (C=S) groups is 1. The van der Waals surface area contributed by atoms with E-state index in [1.54, 1.807) is 19.0 Å². The molecule has 0 radical (unpaired) electrons. The molecule has 1 heterocycles. The predicted octanol–water partition coefficient (Wildman–Crippen LogP) is 4.67. The average Bonchev–Trinajstić information content (AvgIpc) is 2.37. The van der Waals surface area contributed by atoms with Crippen molar-refractivity contribution in [3.63, 3.8) is 0 Å². The molecule has 0 aromatic carbocycles. The minimum Gasteiger partial charge on any atom is -0.478 e. The number of aromatic carboxylic acids is 1. The summed E-state index contributed by atoms with van der Waals surface area (Å²) in [6.45, 7) is 3.18. The van der Waals surface area contributed by atoms with Gasteiger partial charge in [-0.25, -0.2) is 18.6 Å². The van der Waals surface area contributed by atoms with E-state index in [9.17, 15) is 26.7 Å². The summed E-state index contributed by atoms with van der Waals surface area (Å²) in [6.07, 6.45) is -8.81. The second-order valence-corrected chi connectivity index (χ2v) is 5.14. The third kappa shape index (κ3) is 4.29. The molecule has 0 aliphatic carbocycles. The van der Waals surface area contributed by atoms with Gasteiger partial charge in [0.05, 0.1) is 10.7 Å². The summed E-state index contributed by atoms with van der Waals surface area (Å²) in [5, 5.41) is 10.9. The van der Waals surface area contributed by atoms with Crippen LogP contribution >= 0.6 is 12.2 Å². The van der Waals surface area contributed by atoms with Gasteiger partial charge in [0.1, 0.15) is 11.4 Å². The van der Waals surface area contributed by atoms with Crippen molar-refractivity contribution in [3.05, 3.63) is 22.5 Å².